The van der Waals surface area contributed by atoms with Crippen LogP contribution in [0, 0.1) is 0 Å². The van der Waals surface area contributed by atoms with Crippen molar-refractivity contribution in [3.8, 4) is 0 Å². The first kappa shape index (κ1) is 13.2. The second-order valence-electron chi connectivity index (χ2n) is 4.91. The third-order valence-electron chi connectivity index (χ3n) is 3.52. The maximum Gasteiger partial charge on any atom is 0.326 e. The van der Waals surface area contributed by atoms with Crippen LogP contribution in [0.15, 0.2) is 33.9 Å². The van der Waals surface area contributed by atoms with E-state index in [-0.39, 0.29) is 5.69 Å². The lowest BCUT2D eigenvalue weighted by Crippen LogP contribution is -2.38. The highest BCUT2D eigenvalue weighted by molar-refractivity contribution is 6.05. The van der Waals surface area contributed by atoms with Crippen LogP contribution in [-0.2, 0) is 6.42 Å². The summed E-state index contributed by atoms with van der Waals surface area (Å²) >= 11 is 0. The third kappa shape index (κ3) is 2.33. The Kier molecular flexibility index (Phi) is 3.09. The van der Waals surface area contributed by atoms with Crippen molar-refractivity contribution in [1.29, 1.82) is 0 Å². The largest absolute Gasteiger partial charge is 0.398 e. The average molecular weight is 286 g/mol. The number of nitrogens with one attached hydrogen (secondary N) is 2. The fourth-order valence-electron chi connectivity index (χ4n) is 2.59. The number of nitrogens with zero attached hydrogens (tertiary/aromatic N) is 1. The second kappa shape index (κ2) is 4.93. The van der Waals surface area contributed by atoms with E-state index in [2.05, 4.69) is 4.98 Å². The molecule has 1 amide bonds. The molecule has 1 aromatic carbocycles. The summed E-state index contributed by atoms with van der Waals surface area (Å²) in [7, 11) is 0. The molecular formula is C14H14N4O3. The van der Waals surface area contributed by atoms with Gasteiger partial charge in [-0.3, -0.25) is 14.6 Å². The molecule has 0 aliphatic carbocycles. The van der Waals surface area contributed by atoms with E-state index in [1.807, 2.05) is 11.1 Å². The Balaban J connectivity index is 2.06. The fraction of sp³-hybridized carbons (Fsp3) is 0.214. The van der Waals surface area contributed by atoms with Crippen molar-refractivity contribution in [1.82, 2.24) is 9.97 Å². The molecule has 108 valence electrons. The van der Waals surface area contributed by atoms with Gasteiger partial charge in [0.2, 0.25) is 0 Å². The lowest BCUT2D eigenvalue weighted by Gasteiger charge is -2.30. The predicted molar refractivity (Wildman–Crippen MR) is 78.5 cm³/mol. The first-order valence-corrected chi connectivity index (χ1v) is 6.59. The summed E-state index contributed by atoms with van der Waals surface area (Å²) in [4.78, 5) is 41.1. The van der Waals surface area contributed by atoms with Gasteiger partial charge < -0.3 is 15.6 Å². The van der Waals surface area contributed by atoms with Gasteiger partial charge in [0.05, 0.1) is 0 Å². The Morgan fingerprint density at radius 3 is 2.81 bits per heavy atom. The molecule has 7 nitrogen and oxygen atoms in total. The van der Waals surface area contributed by atoms with E-state index in [4.69, 9.17) is 5.73 Å². The average Bonchev–Trinajstić information content (AvgIpc) is 2.45. The Bertz CT molecular complexity index is 793. The highest BCUT2D eigenvalue weighted by Crippen LogP contribution is 2.31. The molecule has 0 bridgehead atoms. The summed E-state index contributed by atoms with van der Waals surface area (Å²) in [6.07, 6.45) is 1.58. The summed E-state index contributed by atoms with van der Waals surface area (Å²) < 4.78 is 0. The van der Waals surface area contributed by atoms with Crippen molar-refractivity contribution in [2.45, 2.75) is 12.8 Å². The summed E-state index contributed by atoms with van der Waals surface area (Å²) in [5.74, 6) is -0.412. The number of benzene rings is 1. The molecule has 1 aliphatic rings. The van der Waals surface area contributed by atoms with Crippen molar-refractivity contribution in [3.05, 3.63) is 56.4 Å². The number of aromatic amines is 2. The molecule has 0 saturated heterocycles. The van der Waals surface area contributed by atoms with Gasteiger partial charge in [0, 0.05) is 24.0 Å². The summed E-state index contributed by atoms with van der Waals surface area (Å²) in [6.45, 7) is 0.518. The minimum Gasteiger partial charge on any atom is -0.398 e. The number of nitrogens with two attached hydrogens (primary N) is 1. The Morgan fingerprint density at radius 1 is 1.24 bits per heavy atom. The van der Waals surface area contributed by atoms with Crippen LogP contribution in [0.5, 0.6) is 0 Å². The quantitative estimate of drug-likeness (QED) is 0.652. The second-order valence-corrected chi connectivity index (χ2v) is 4.91. The zero-order chi connectivity index (χ0) is 15.0. The number of aromatic nitrogens is 2. The molecule has 0 saturated carbocycles. The highest BCUT2D eigenvalue weighted by Gasteiger charge is 2.25. The van der Waals surface area contributed by atoms with E-state index in [0.717, 1.165) is 30.2 Å². The lowest BCUT2D eigenvalue weighted by atomic mass is 9.99. The van der Waals surface area contributed by atoms with Gasteiger partial charge in [0.15, 0.2) is 0 Å². The molecule has 0 fully saturated rings. The van der Waals surface area contributed by atoms with Crippen LogP contribution >= 0.6 is 0 Å². The summed E-state index contributed by atoms with van der Waals surface area (Å²) in [6, 6.07) is 6.47. The maximum absolute atomic E-state index is 12.5. The summed E-state index contributed by atoms with van der Waals surface area (Å²) in [5, 5.41) is 0. The molecule has 0 atom stereocenters. The molecule has 0 radical (unpaired) electrons. The van der Waals surface area contributed by atoms with Crippen molar-refractivity contribution < 1.29 is 4.79 Å². The van der Waals surface area contributed by atoms with E-state index in [9.17, 15) is 14.4 Å². The fourth-order valence-corrected chi connectivity index (χ4v) is 2.59. The van der Waals surface area contributed by atoms with Gasteiger partial charge in [-0.25, -0.2) is 4.79 Å². The van der Waals surface area contributed by atoms with Crippen LogP contribution in [-0.4, -0.2) is 22.4 Å². The molecule has 0 unspecified atom stereocenters. The molecule has 1 aromatic heterocycles. The molecule has 0 spiro atoms. The standard InChI is InChI=1S/C14H14N4O3/c15-9-4-1-5-11-8(9)3-2-6-18(11)13(20)10-7-12(19)17-14(21)16-10/h1,4-5,7H,2-3,6,15H2,(H2,16,17,19,21). The zero-order valence-electron chi connectivity index (χ0n) is 11.2. The molecule has 7 heteroatoms. The molecule has 21 heavy (non-hydrogen) atoms. The minimum absolute atomic E-state index is 0.0287. The van der Waals surface area contributed by atoms with Crippen LogP contribution < -0.4 is 21.9 Å². The molecule has 4 N–H and O–H groups in total. The normalized spacial score (nSPS) is 13.8. The molecule has 1 aliphatic heterocycles. The molecule has 3 rings (SSSR count). The lowest BCUT2D eigenvalue weighted by molar-refractivity contribution is 0.0979. The number of fused-ring (bicyclic) bond motifs is 1. The highest BCUT2D eigenvalue weighted by atomic mass is 16.2. The SMILES string of the molecule is Nc1cccc2c1CCCN2C(=O)c1cc(=O)[nH]c(=O)[nH]1. The first-order chi connectivity index (χ1) is 10.1. The van der Waals surface area contributed by atoms with Gasteiger partial charge in [-0.1, -0.05) is 6.07 Å². The Labute approximate surface area is 119 Å². The number of carbonyl (C=O) groups excluding carboxylic acids is 1. The van der Waals surface area contributed by atoms with Crippen molar-refractivity contribution in [2.24, 2.45) is 0 Å². The Hall–Kier alpha value is -2.83. The number of rotatable bonds is 1. The minimum atomic E-state index is -0.698. The van der Waals surface area contributed by atoms with Gasteiger partial charge >= 0.3 is 5.69 Å². The summed E-state index contributed by atoms with van der Waals surface area (Å²) in [5.41, 5.74) is 6.90. The van der Waals surface area contributed by atoms with Gasteiger partial charge in [-0.2, -0.15) is 0 Å². The number of carbonyl (C=O) groups is 1. The van der Waals surface area contributed by atoms with Gasteiger partial charge in [-0.05, 0) is 30.5 Å². The third-order valence-corrected chi connectivity index (χ3v) is 3.52. The van der Waals surface area contributed by atoms with E-state index in [1.165, 1.54) is 0 Å². The van der Waals surface area contributed by atoms with Crippen LogP contribution in [0.4, 0.5) is 11.4 Å². The van der Waals surface area contributed by atoms with Crippen LogP contribution in [0.3, 0.4) is 0 Å². The van der Waals surface area contributed by atoms with Crippen molar-refractivity contribution >= 4 is 17.3 Å². The molecule has 2 heterocycles. The van der Waals surface area contributed by atoms with E-state index in [0.29, 0.717) is 12.2 Å². The van der Waals surface area contributed by atoms with Crippen LogP contribution in [0.25, 0.3) is 0 Å². The monoisotopic (exact) mass is 286 g/mol. The van der Waals surface area contributed by atoms with Crippen LogP contribution in [0.1, 0.15) is 22.5 Å². The Morgan fingerprint density at radius 2 is 2.05 bits per heavy atom. The number of amides is 1. The van der Waals surface area contributed by atoms with Crippen LogP contribution in [0.2, 0.25) is 0 Å². The number of nitrogen functional groups attached to an aromatic ring is 1. The number of H-pyrrole nitrogens is 2. The van der Waals surface area contributed by atoms with Gasteiger partial charge in [0.1, 0.15) is 5.69 Å². The smallest absolute Gasteiger partial charge is 0.326 e. The molecule has 2 aromatic rings. The van der Waals surface area contributed by atoms with Crippen molar-refractivity contribution in [2.75, 3.05) is 17.2 Å². The number of hydrogen-bond donors (Lipinski definition) is 3. The predicted octanol–water partition coefficient (Wildman–Crippen LogP) is 0.238. The topological polar surface area (TPSA) is 112 Å². The number of hydrogen-bond acceptors (Lipinski definition) is 4. The maximum atomic E-state index is 12.5. The van der Waals surface area contributed by atoms with Crippen molar-refractivity contribution in [3.63, 3.8) is 0 Å². The first-order valence-electron chi connectivity index (χ1n) is 6.59. The number of anilines is 2. The molecular weight excluding hydrogens is 272 g/mol. The zero-order valence-corrected chi connectivity index (χ0v) is 11.2. The van der Waals surface area contributed by atoms with Gasteiger partial charge in [0.25, 0.3) is 11.5 Å². The van der Waals surface area contributed by atoms with Gasteiger partial charge in [-0.15, -0.1) is 0 Å². The van der Waals surface area contributed by atoms with E-state index in [1.54, 1.807) is 17.0 Å². The van der Waals surface area contributed by atoms with E-state index >= 15 is 0 Å². The van der Waals surface area contributed by atoms with E-state index < -0.39 is 17.2 Å².